The van der Waals surface area contributed by atoms with Crippen molar-refractivity contribution in [3.8, 4) is 5.75 Å². The van der Waals surface area contributed by atoms with Gasteiger partial charge >= 0.3 is 5.97 Å². The molecule has 0 aliphatic rings. The molecule has 0 aromatic heterocycles. The van der Waals surface area contributed by atoms with Crippen LogP contribution in [0.15, 0.2) is 22.7 Å². The minimum Gasteiger partial charge on any atom is -0.496 e. The zero-order chi connectivity index (χ0) is 12.1. The van der Waals surface area contributed by atoms with Crippen LogP contribution in [0.1, 0.15) is 0 Å². The van der Waals surface area contributed by atoms with Gasteiger partial charge in [-0.15, -0.1) is 0 Å². The van der Waals surface area contributed by atoms with Gasteiger partial charge in [0, 0.05) is 5.69 Å². The minimum absolute atomic E-state index is 0.0135. The maximum Gasteiger partial charge on any atom is 0.365 e. The number of nitrogens with one attached hydrogen (secondary N) is 1. The molecule has 1 aromatic rings. The van der Waals surface area contributed by atoms with E-state index in [-0.39, 0.29) is 4.99 Å². The molecular weight excluding hydrogens is 294 g/mol. The Hall–Kier alpha value is -1.14. The second-order valence-electron chi connectivity index (χ2n) is 2.80. The number of methoxy groups -OCH3 is 2. The molecule has 6 heteroatoms. The summed E-state index contributed by atoms with van der Waals surface area (Å²) in [5.74, 6) is 0.136. The van der Waals surface area contributed by atoms with Crippen molar-refractivity contribution in [2.45, 2.75) is 0 Å². The largest absolute Gasteiger partial charge is 0.496 e. The lowest BCUT2D eigenvalue weighted by Crippen LogP contribution is -2.21. The molecule has 16 heavy (non-hydrogen) atoms. The number of halogens is 1. The standard InChI is InChI=1S/C10H10BrNO3S/c1-14-8-4-3-6(5-7(8)11)12-9(16)10(13)15-2/h3-5H,1-2H3,(H,12,16). The summed E-state index contributed by atoms with van der Waals surface area (Å²) in [6.45, 7) is 0. The Morgan fingerprint density at radius 1 is 1.44 bits per heavy atom. The predicted molar refractivity (Wildman–Crippen MR) is 68.9 cm³/mol. The molecule has 1 N–H and O–H groups in total. The second-order valence-corrected chi connectivity index (χ2v) is 4.06. The molecule has 1 rings (SSSR count). The van der Waals surface area contributed by atoms with E-state index in [1.54, 1.807) is 25.3 Å². The fourth-order valence-electron chi connectivity index (χ4n) is 1.02. The van der Waals surface area contributed by atoms with E-state index in [2.05, 4.69) is 26.0 Å². The maximum absolute atomic E-state index is 11.1. The first kappa shape index (κ1) is 12.9. The molecular formula is C10H10BrNO3S. The SMILES string of the molecule is COC(=O)C(=S)Nc1ccc(OC)c(Br)c1. The fraction of sp³-hybridized carbons (Fsp3) is 0.200. The Bertz CT molecular complexity index is 423. The third kappa shape index (κ3) is 3.18. The molecule has 0 radical (unpaired) electrons. The van der Waals surface area contributed by atoms with Crippen LogP contribution in [0.25, 0.3) is 0 Å². The molecule has 0 spiro atoms. The van der Waals surface area contributed by atoms with E-state index in [4.69, 9.17) is 17.0 Å². The predicted octanol–water partition coefficient (Wildman–Crippen LogP) is 2.37. The number of benzene rings is 1. The van der Waals surface area contributed by atoms with Gasteiger partial charge in [-0.05, 0) is 34.1 Å². The second kappa shape index (κ2) is 5.81. The summed E-state index contributed by atoms with van der Waals surface area (Å²) in [6.07, 6.45) is 0. The zero-order valence-corrected chi connectivity index (χ0v) is 11.1. The average molecular weight is 304 g/mol. The first-order valence-corrected chi connectivity index (χ1v) is 5.51. The smallest absolute Gasteiger partial charge is 0.365 e. The van der Waals surface area contributed by atoms with Crippen LogP contribution in [-0.2, 0) is 9.53 Å². The molecule has 0 fully saturated rings. The summed E-state index contributed by atoms with van der Waals surface area (Å²) in [5, 5.41) is 2.76. The van der Waals surface area contributed by atoms with Crippen LogP contribution in [0, 0.1) is 0 Å². The topological polar surface area (TPSA) is 47.6 Å². The van der Waals surface area contributed by atoms with Crippen molar-refractivity contribution < 1.29 is 14.3 Å². The van der Waals surface area contributed by atoms with Crippen molar-refractivity contribution in [3.05, 3.63) is 22.7 Å². The van der Waals surface area contributed by atoms with Gasteiger partial charge in [-0.2, -0.15) is 0 Å². The van der Waals surface area contributed by atoms with Crippen molar-refractivity contribution in [1.29, 1.82) is 0 Å². The zero-order valence-electron chi connectivity index (χ0n) is 8.74. The summed E-state index contributed by atoms with van der Waals surface area (Å²) in [6, 6.07) is 5.26. The number of carbonyl (C=O) groups excluding carboxylic acids is 1. The molecule has 0 aliphatic heterocycles. The molecule has 0 saturated carbocycles. The van der Waals surface area contributed by atoms with Crippen molar-refractivity contribution >= 4 is 44.8 Å². The summed E-state index contributed by atoms with van der Waals surface area (Å²) in [4.78, 5) is 11.1. The van der Waals surface area contributed by atoms with Gasteiger partial charge < -0.3 is 14.8 Å². The molecule has 86 valence electrons. The van der Waals surface area contributed by atoms with E-state index in [1.807, 2.05) is 0 Å². The summed E-state index contributed by atoms with van der Waals surface area (Å²) < 4.78 is 10.3. The lowest BCUT2D eigenvalue weighted by atomic mass is 10.3. The van der Waals surface area contributed by atoms with E-state index < -0.39 is 5.97 Å². The van der Waals surface area contributed by atoms with E-state index in [9.17, 15) is 4.79 Å². The van der Waals surface area contributed by atoms with Crippen LogP contribution in [0.5, 0.6) is 5.75 Å². The van der Waals surface area contributed by atoms with Crippen molar-refractivity contribution in [3.63, 3.8) is 0 Å². The molecule has 0 heterocycles. The van der Waals surface area contributed by atoms with Gasteiger partial charge in [-0.1, -0.05) is 12.2 Å². The number of carbonyl (C=O) groups is 1. The number of rotatable bonds is 2. The molecule has 0 bridgehead atoms. The van der Waals surface area contributed by atoms with Gasteiger partial charge in [-0.3, -0.25) is 0 Å². The molecule has 0 aliphatic carbocycles. The maximum atomic E-state index is 11.1. The Morgan fingerprint density at radius 3 is 2.62 bits per heavy atom. The van der Waals surface area contributed by atoms with Crippen LogP contribution >= 0.6 is 28.1 Å². The molecule has 0 atom stereocenters. The molecule has 4 nitrogen and oxygen atoms in total. The summed E-state index contributed by atoms with van der Waals surface area (Å²) >= 11 is 8.16. The highest BCUT2D eigenvalue weighted by Crippen LogP contribution is 2.27. The summed E-state index contributed by atoms with van der Waals surface area (Å²) in [7, 11) is 2.85. The quantitative estimate of drug-likeness (QED) is 0.671. The Labute approximate surface area is 107 Å². The van der Waals surface area contributed by atoms with E-state index in [0.717, 1.165) is 4.47 Å². The Balaban J connectivity index is 2.79. The molecule has 1 aromatic carbocycles. The minimum atomic E-state index is -0.568. The monoisotopic (exact) mass is 303 g/mol. The van der Waals surface area contributed by atoms with Gasteiger partial charge in [0.2, 0.25) is 0 Å². The average Bonchev–Trinajstić information content (AvgIpc) is 2.28. The highest BCUT2D eigenvalue weighted by Gasteiger charge is 2.09. The van der Waals surface area contributed by atoms with Crippen molar-refractivity contribution in [2.24, 2.45) is 0 Å². The summed E-state index contributed by atoms with van der Waals surface area (Å²) in [5.41, 5.74) is 0.683. The number of esters is 1. The van der Waals surface area contributed by atoms with Crippen molar-refractivity contribution in [1.82, 2.24) is 0 Å². The van der Waals surface area contributed by atoms with Gasteiger partial charge in [0.05, 0.1) is 18.7 Å². The fourth-order valence-corrected chi connectivity index (χ4v) is 1.76. The van der Waals surface area contributed by atoms with Crippen molar-refractivity contribution in [2.75, 3.05) is 19.5 Å². The van der Waals surface area contributed by atoms with E-state index in [1.165, 1.54) is 7.11 Å². The van der Waals surface area contributed by atoms with Crippen LogP contribution in [0.2, 0.25) is 0 Å². The lowest BCUT2D eigenvalue weighted by Gasteiger charge is -2.08. The van der Waals surface area contributed by atoms with E-state index in [0.29, 0.717) is 11.4 Å². The van der Waals surface area contributed by atoms with Crippen LogP contribution in [-0.4, -0.2) is 25.2 Å². The van der Waals surface area contributed by atoms with Crippen LogP contribution < -0.4 is 10.1 Å². The number of ether oxygens (including phenoxy) is 2. The molecule has 0 unspecified atom stereocenters. The van der Waals surface area contributed by atoms with Gasteiger partial charge in [0.1, 0.15) is 5.75 Å². The van der Waals surface area contributed by atoms with Gasteiger partial charge in [0.25, 0.3) is 0 Å². The number of hydrogen-bond acceptors (Lipinski definition) is 4. The first-order chi connectivity index (χ1) is 7.58. The number of thiocarbonyl (C=S) groups is 1. The normalized spacial score (nSPS) is 9.44. The van der Waals surface area contributed by atoms with Gasteiger partial charge in [-0.25, -0.2) is 4.79 Å². The van der Waals surface area contributed by atoms with E-state index >= 15 is 0 Å². The Kier molecular flexibility index (Phi) is 4.70. The number of hydrogen-bond donors (Lipinski definition) is 1. The third-order valence-electron chi connectivity index (χ3n) is 1.78. The Morgan fingerprint density at radius 2 is 2.12 bits per heavy atom. The van der Waals surface area contributed by atoms with Crippen LogP contribution in [0.3, 0.4) is 0 Å². The molecule has 0 saturated heterocycles. The highest BCUT2D eigenvalue weighted by atomic mass is 79.9. The number of anilines is 1. The highest BCUT2D eigenvalue weighted by molar-refractivity contribution is 9.10. The third-order valence-corrected chi connectivity index (χ3v) is 2.67. The van der Waals surface area contributed by atoms with Crippen LogP contribution in [0.4, 0.5) is 5.69 Å². The van der Waals surface area contributed by atoms with Gasteiger partial charge in [0.15, 0.2) is 4.99 Å². The molecule has 0 amide bonds. The lowest BCUT2D eigenvalue weighted by molar-refractivity contribution is -0.132. The first-order valence-electron chi connectivity index (χ1n) is 4.31.